The first-order chi connectivity index (χ1) is 43.7. The molecular formula is C78H147NO10. The van der Waals surface area contributed by atoms with Crippen LogP contribution in [0.15, 0.2) is 36.5 Å². The van der Waals surface area contributed by atoms with Gasteiger partial charge in [0.2, 0.25) is 5.91 Å². The number of unbranched alkanes of at least 4 members (excludes halogenated alkanes) is 51. The predicted octanol–water partition coefficient (Wildman–Crippen LogP) is 20.5. The number of ether oxygens (including phenoxy) is 3. The molecule has 1 rings (SSSR count). The largest absolute Gasteiger partial charge is 0.466 e. The van der Waals surface area contributed by atoms with Crippen LogP contribution in [0.3, 0.4) is 0 Å². The first-order valence-electron chi connectivity index (χ1n) is 38.8. The minimum Gasteiger partial charge on any atom is -0.466 e. The zero-order chi connectivity index (χ0) is 64.4. The average molecular weight is 1260 g/mol. The molecule has 7 atom stereocenters. The van der Waals surface area contributed by atoms with Crippen molar-refractivity contribution in [3.8, 4) is 0 Å². The molecule has 7 unspecified atom stereocenters. The Kier molecular flexibility index (Phi) is 64.2. The molecule has 0 spiro atoms. The van der Waals surface area contributed by atoms with E-state index in [4.69, 9.17) is 14.2 Å². The fraction of sp³-hybridized carbons (Fsp3) is 0.897. The van der Waals surface area contributed by atoms with E-state index < -0.39 is 49.5 Å². The van der Waals surface area contributed by atoms with E-state index in [1.54, 1.807) is 6.08 Å². The molecule has 524 valence electrons. The highest BCUT2D eigenvalue weighted by Crippen LogP contribution is 2.24. The summed E-state index contributed by atoms with van der Waals surface area (Å²) < 4.78 is 16.7. The number of hydrogen-bond donors (Lipinski definition) is 6. The number of amides is 1. The lowest BCUT2D eigenvalue weighted by Gasteiger charge is -2.40. The molecule has 0 aromatic heterocycles. The molecule has 1 amide bonds. The summed E-state index contributed by atoms with van der Waals surface area (Å²) in [6, 6.07) is -0.804. The Morgan fingerprint density at radius 2 is 0.764 bits per heavy atom. The van der Waals surface area contributed by atoms with Crippen LogP contribution in [0.25, 0.3) is 0 Å². The monoisotopic (exact) mass is 1260 g/mol. The molecule has 1 heterocycles. The zero-order valence-electron chi connectivity index (χ0n) is 58.4. The van der Waals surface area contributed by atoms with Crippen molar-refractivity contribution in [2.45, 2.75) is 429 Å². The molecule has 1 fully saturated rings. The molecule has 1 saturated heterocycles. The average Bonchev–Trinajstić information content (AvgIpc) is 2.38. The Balaban J connectivity index is 1.86. The Morgan fingerprint density at radius 3 is 1.17 bits per heavy atom. The number of carbonyl (C=O) groups excluding carboxylic acids is 2. The molecule has 1 aliphatic heterocycles. The van der Waals surface area contributed by atoms with Crippen LogP contribution in [0, 0.1) is 0 Å². The van der Waals surface area contributed by atoms with E-state index in [-0.39, 0.29) is 18.5 Å². The van der Waals surface area contributed by atoms with Crippen molar-refractivity contribution in [1.29, 1.82) is 0 Å². The van der Waals surface area contributed by atoms with Crippen LogP contribution in [0.4, 0.5) is 0 Å². The molecule has 11 heteroatoms. The second kappa shape index (κ2) is 67.3. The molecule has 11 nitrogen and oxygen atoms in total. The van der Waals surface area contributed by atoms with Crippen molar-refractivity contribution in [1.82, 2.24) is 5.32 Å². The summed E-state index contributed by atoms with van der Waals surface area (Å²) in [6.07, 6.45) is 77.6. The van der Waals surface area contributed by atoms with Crippen LogP contribution in [0.1, 0.15) is 386 Å². The fourth-order valence-corrected chi connectivity index (χ4v) is 12.4. The fourth-order valence-electron chi connectivity index (χ4n) is 12.4. The number of rotatable bonds is 69. The summed E-state index contributed by atoms with van der Waals surface area (Å²) in [6.45, 7) is 4.32. The summed E-state index contributed by atoms with van der Waals surface area (Å²) in [5, 5.41) is 54.4. The first-order valence-corrected chi connectivity index (χ1v) is 38.8. The SMILES string of the molecule is CCCC/C=C\C/C=C\CCCCCCCC(=O)OCCCCCCCCCCCCCCCCCCCCCCCCCCCCCCCCCCCCCCCC(=O)NC(COC1OC(CO)C(O)C(O)C1O)C(O)/C=C/CCCCCCCCCC. The normalized spacial score (nSPS) is 17.9. The third-order valence-corrected chi connectivity index (χ3v) is 18.5. The number of nitrogens with one attached hydrogen (secondary N) is 1. The van der Waals surface area contributed by atoms with Gasteiger partial charge in [-0.05, 0) is 57.8 Å². The number of esters is 1. The van der Waals surface area contributed by atoms with E-state index in [1.165, 1.54) is 295 Å². The number of aliphatic hydroxyl groups excluding tert-OH is 5. The van der Waals surface area contributed by atoms with Crippen LogP contribution >= 0.6 is 0 Å². The van der Waals surface area contributed by atoms with Gasteiger partial charge in [0, 0.05) is 12.8 Å². The Bertz CT molecular complexity index is 1570. The topological polar surface area (TPSA) is 175 Å². The third kappa shape index (κ3) is 56.0. The van der Waals surface area contributed by atoms with Crippen molar-refractivity contribution in [3.63, 3.8) is 0 Å². The number of aliphatic hydroxyl groups is 5. The molecule has 0 radical (unpaired) electrons. The van der Waals surface area contributed by atoms with Crippen LogP contribution in [0.5, 0.6) is 0 Å². The van der Waals surface area contributed by atoms with Crippen LogP contribution < -0.4 is 5.32 Å². The number of hydrogen-bond acceptors (Lipinski definition) is 10. The van der Waals surface area contributed by atoms with Crippen molar-refractivity contribution in [3.05, 3.63) is 36.5 Å². The standard InChI is InChI=1S/C78H147NO10/c1-3-5-7-9-11-13-15-16-43-46-50-54-58-62-66-74(83)87-67-63-59-55-51-47-44-41-39-37-35-33-31-29-27-25-23-21-19-17-18-20-22-24-26-28-30-32-34-36-38-40-42-45-49-53-57-61-65-73(82)79-70(69-88-78-77(86)76(85)75(84)72(68-80)89-78)71(81)64-60-56-52-48-14-12-10-8-6-4-2/h9,11,15-16,60,64,70-72,75-78,80-81,84-86H,3-8,10,12-14,17-59,61-63,65-69H2,1-2H3,(H,79,82)/b11-9-,16-15-,64-60+. The van der Waals surface area contributed by atoms with Crippen molar-refractivity contribution >= 4 is 11.9 Å². The van der Waals surface area contributed by atoms with Gasteiger partial charge in [-0.15, -0.1) is 0 Å². The number of allylic oxidation sites excluding steroid dienone is 5. The minimum absolute atomic E-state index is 0.00287. The summed E-state index contributed by atoms with van der Waals surface area (Å²) in [5.41, 5.74) is 0. The maximum absolute atomic E-state index is 13.0. The van der Waals surface area contributed by atoms with Gasteiger partial charge in [-0.2, -0.15) is 0 Å². The van der Waals surface area contributed by atoms with Crippen LogP contribution in [0.2, 0.25) is 0 Å². The summed E-state index contributed by atoms with van der Waals surface area (Å²) in [7, 11) is 0. The highest BCUT2D eigenvalue weighted by molar-refractivity contribution is 5.76. The predicted molar refractivity (Wildman–Crippen MR) is 375 cm³/mol. The van der Waals surface area contributed by atoms with E-state index in [0.29, 0.717) is 19.4 Å². The van der Waals surface area contributed by atoms with Gasteiger partial charge < -0.3 is 45.1 Å². The lowest BCUT2D eigenvalue weighted by Crippen LogP contribution is -2.60. The van der Waals surface area contributed by atoms with E-state index in [2.05, 4.69) is 43.5 Å². The van der Waals surface area contributed by atoms with E-state index in [0.717, 1.165) is 64.2 Å². The zero-order valence-corrected chi connectivity index (χ0v) is 58.4. The number of carbonyl (C=O) groups is 2. The molecule has 0 aromatic rings. The van der Waals surface area contributed by atoms with Crippen LogP contribution in [-0.2, 0) is 23.8 Å². The van der Waals surface area contributed by atoms with Gasteiger partial charge in [-0.25, -0.2) is 0 Å². The van der Waals surface area contributed by atoms with E-state index in [1.807, 2.05) is 6.08 Å². The van der Waals surface area contributed by atoms with Crippen LogP contribution in [-0.4, -0.2) is 100 Å². The van der Waals surface area contributed by atoms with E-state index >= 15 is 0 Å². The lowest BCUT2D eigenvalue weighted by atomic mass is 9.99. The maximum atomic E-state index is 13.0. The minimum atomic E-state index is -1.57. The molecule has 0 aromatic carbocycles. The van der Waals surface area contributed by atoms with Gasteiger partial charge in [-0.3, -0.25) is 9.59 Å². The quantitative estimate of drug-likeness (QED) is 0.0195. The first kappa shape index (κ1) is 84.9. The molecular weight excluding hydrogens is 1110 g/mol. The molecule has 0 saturated carbocycles. The van der Waals surface area contributed by atoms with Gasteiger partial charge in [0.1, 0.15) is 24.4 Å². The highest BCUT2D eigenvalue weighted by Gasteiger charge is 2.44. The van der Waals surface area contributed by atoms with Crippen molar-refractivity contribution in [2.75, 3.05) is 19.8 Å². The molecule has 0 bridgehead atoms. The Morgan fingerprint density at radius 1 is 0.416 bits per heavy atom. The summed E-state index contributed by atoms with van der Waals surface area (Å²) >= 11 is 0. The Hall–Kier alpha value is -2.12. The van der Waals surface area contributed by atoms with Crippen molar-refractivity contribution in [2.24, 2.45) is 0 Å². The molecule has 1 aliphatic rings. The van der Waals surface area contributed by atoms with Gasteiger partial charge >= 0.3 is 5.97 Å². The summed E-state index contributed by atoms with van der Waals surface area (Å²) in [5.74, 6) is -0.173. The van der Waals surface area contributed by atoms with Gasteiger partial charge in [0.05, 0.1) is 32.0 Å². The second-order valence-corrected chi connectivity index (χ2v) is 27.1. The molecule has 6 N–H and O–H groups in total. The summed E-state index contributed by atoms with van der Waals surface area (Å²) in [4.78, 5) is 25.1. The third-order valence-electron chi connectivity index (χ3n) is 18.5. The van der Waals surface area contributed by atoms with Gasteiger partial charge in [-0.1, -0.05) is 352 Å². The highest BCUT2D eigenvalue weighted by atomic mass is 16.7. The smallest absolute Gasteiger partial charge is 0.305 e. The van der Waals surface area contributed by atoms with Gasteiger partial charge in [0.15, 0.2) is 6.29 Å². The maximum Gasteiger partial charge on any atom is 0.305 e. The van der Waals surface area contributed by atoms with Gasteiger partial charge in [0.25, 0.3) is 0 Å². The van der Waals surface area contributed by atoms with Crippen molar-refractivity contribution < 1.29 is 49.3 Å². The molecule has 0 aliphatic carbocycles. The van der Waals surface area contributed by atoms with E-state index in [9.17, 15) is 35.1 Å². The second-order valence-electron chi connectivity index (χ2n) is 27.1. The molecule has 89 heavy (non-hydrogen) atoms. The Labute approximate surface area is 549 Å². The lowest BCUT2D eigenvalue weighted by molar-refractivity contribution is -0.302.